The van der Waals surface area contributed by atoms with Gasteiger partial charge in [0.05, 0.1) is 12.8 Å². The highest BCUT2D eigenvalue weighted by atomic mass is 19.1. The first kappa shape index (κ1) is 31.8. The second kappa shape index (κ2) is 14.9. The Bertz CT molecular complexity index is 1800. The number of halogens is 1. The van der Waals surface area contributed by atoms with Crippen LogP contribution in [0.2, 0.25) is 0 Å². The van der Waals surface area contributed by atoms with E-state index in [9.17, 15) is 9.18 Å². The Morgan fingerprint density at radius 1 is 0.935 bits per heavy atom. The number of allylic oxidation sites excluding steroid dienone is 1. The lowest BCUT2D eigenvalue weighted by molar-refractivity contribution is 0.0923. The highest BCUT2D eigenvalue weighted by molar-refractivity contribution is 5.92. The summed E-state index contributed by atoms with van der Waals surface area (Å²) in [5.74, 6) is 1.58. The number of aryl methyl sites for hydroxylation is 2. The van der Waals surface area contributed by atoms with Crippen molar-refractivity contribution < 1.29 is 27.8 Å². The third-order valence-electron chi connectivity index (χ3n) is 7.13. The van der Waals surface area contributed by atoms with Gasteiger partial charge in [0.15, 0.2) is 17.3 Å². The molecule has 5 aromatic rings. The molecule has 5 rings (SSSR count). The molecule has 0 radical (unpaired) electrons. The zero-order chi connectivity index (χ0) is 32.5. The van der Waals surface area contributed by atoms with E-state index in [-0.39, 0.29) is 24.8 Å². The van der Waals surface area contributed by atoms with E-state index in [2.05, 4.69) is 47.7 Å². The number of carbonyl (C=O) groups excluding carboxylic acids is 1. The van der Waals surface area contributed by atoms with Crippen molar-refractivity contribution in [3.05, 3.63) is 143 Å². The van der Waals surface area contributed by atoms with Crippen molar-refractivity contribution in [1.29, 1.82) is 0 Å². The molecule has 2 aromatic heterocycles. The van der Waals surface area contributed by atoms with Gasteiger partial charge in [-0.25, -0.2) is 9.82 Å². The summed E-state index contributed by atoms with van der Waals surface area (Å²) in [7, 11) is 0. The number of carbonyl (C=O) groups is 1. The van der Waals surface area contributed by atoms with Gasteiger partial charge < -0.3 is 23.2 Å². The van der Waals surface area contributed by atoms with Crippen molar-refractivity contribution >= 4 is 12.1 Å². The molecule has 236 valence electrons. The molecule has 3 aromatic carbocycles. The van der Waals surface area contributed by atoms with Gasteiger partial charge in [0.2, 0.25) is 0 Å². The molecule has 8 nitrogen and oxygen atoms in total. The van der Waals surface area contributed by atoms with Crippen molar-refractivity contribution in [3.8, 4) is 22.9 Å². The molecule has 0 atom stereocenters. The molecule has 0 fully saturated rings. The largest absolute Gasteiger partial charge is 0.490 e. The monoisotopic (exact) mass is 621 g/mol. The van der Waals surface area contributed by atoms with Gasteiger partial charge >= 0.3 is 5.91 Å². The van der Waals surface area contributed by atoms with E-state index in [1.165, 1.54) is 18.3 Å². The van der Waals surface area contributed by atoms with Gasteiger partial charge in [-0.2, -0.15) is 5.10 Å². The Balaban J connectivity index is 1.19. The molecule has 0 bridgehead atoms. The lowest BCUT2D eigenvalue weighted by atomic mass is 10.1. The fourth-order valence-corrected chi connectivity index (χ4v) is 4.95. The van der Waals surface area contributed by atoms with Crippen LogP contribution in [0.25, 0.3) is 5.69 Å². The number of ether oxygens (including phenoxy) is 3. The van der Waals surface area contributed by atoms with Crippen LogP contribution in [0.4, 0.5) is 4.39 Å². The normalized spacial score (nSPS) is 11.0. The standard InChI is InChI=1S/C37H36FN3O5/c1-5-7-29-20-28(21-35(43-6-2)36(29)45-23-27-10-12-30(38)13-11-27)22-39-40-37(42)34-19-18-33(46-34)24-44-32-16-14-31(15-17-32)41-25(3)8-9-26(41)4/h5,8-22H,1,6-7,23-24H2,2-4H3,(H,40,42)/b39-22+. The molecule has 1 N–H and O–H groups in total. The summed E-state index contributed by atoms with van der Waals surface area (Å²) in [6, 6.07) is 25.0. The van der Waals surface area contributed by atoms with E-state index < -0.39 is 5.91 Å². The van der Waals surface area contributed by atoms with Crippen LogP contribution in [-0.2, 0) is 19.6 Å². The molecule has 9 heteroatoms. The van der Waals surface area contributed by atoms with Crippen molar-refractivity contribution in [2.75, 3.05) is 6.61 Å². The molecule has 0 spiro atoms. The molecule has 0 unspecified atom stereocenters. The number of hydrazone groups is 1. The molecule has 46 heavy (non-hydrogen) atoms. The van der Waals surface area contributed by atoms with Crippen molar-refractivity contribution in [2.45, 2.75) is 40.4 Å². The third-order valence-corrected chi connectivity index (χ3v) is 7.13. The first-order chi connectivity index (χ1) is 22.3. The number of hydrogen-bond donors (Lipinski definition) is 1. The third kappa shape index (κ3) is 7.92. The van der Waals surface area contributed by atoms with Crippen molar-refractivity contribution in [2.24, 2.45) is 5.10 Å². The highest BCUT2D eigenvalue weighted by Crippen LogP contribution is 2.34. The number of nitrogens with zero attached hydrogens (tertiary/aromatic N) is 2. The minimum Gasteiger partial charge on any atom is -0.490 e. The van der Waals surface area contributed by atoms with E-state index in [1.807, 2.05) is 37.3 Å². The maximum absolute atomic E-state index is 13.3. The maximum atomic E-state index is 13.3. The summed E-state index contributed by atoms with van der Waals surface area (Å²) >= 11 is 0. The summed E-state index contributed by atoms with van der Waals surface area (Å²) in [5, 5.41) is 4.12. The summed E-state index contributed by atoms with van der Waals surface area (Å²) in [6.07, 6.45) is 3.79. The summed E-state index contributed by atoms with van der Waals surface area (Å²) < 4.78 is 39.0. The number of nitrogens with one attached hydrogen (secondary N) is 1. The Morgan fingerprint density at radius 3 is 2.37 bits per heavy atom. The van der Waals surface area contributed by atoms with E-state index >= 15 is 0 Å². The van der Waals surface area contributed by atoms with Gasteiger partial charge in [-0.05, 0) is 111 Å². The van der Waals surface area contributed by atoms with Crippen LogP contribution in [0, 0.1) is 19.7 Å². The molecule has 0 aliphatic rings. The van der Waals surface area contributed by atoms with Crippen LogP contribution in [0.5, 0.6) is 17.2 Å². The van der Waals surface area contributed by atoms with Crippen LogP contribution in [0.15, 0.2) is 107 Å². The van der Waals surface area contributed by atoms with E-state index in [4.69, 9.17) is 18.6 Å². The van der Waals surface area contributed by atoms with Crippen LogP contribution in [0.1, 0.15) is 51.3 Å². The highest BCUT2D eigenvalue weighted by Gasteiger charge is 2.15. The Labute approximate surface area is 267 Å². The topological polar surface area (TPSA) is 87.2 Å². The van der Waals surface area contributed by atoms with Crippen LogP contribution < -0.4 is 19.6 Å². The number of aromatic nitrogens is 1. The fourth-order valence-electron chi connectivity index (χ4n) is 4.95. The minimum absolute atomic E-state index is 0.108. The lowest BCUT2D eigenvalue weighted by Crippen LogP contribution is -2.16. The zero-order valence-corrected chi connectivity index (χ0v) is 26.1. The predicted molar refractivity (Wildman–Crippen MR) is 176 cm³/mol. The molecule has 1 amide bonds. The SMILES string of the molecule is C=CCc1cc(/C=N/NC(=O)c2ccc(COc3ccc(-n4c(C)ccc4C)cc3)o2)cc(OCC)c1OCc1ccc(F)cc1. The summed E-state index contributed by atoms with van der Waals surface area (Å²) in [4.78, 5) is 12.7. The Kier molecular flexibility index (Phi) is 10.3. The molecular formula is C37H36FN3O5. The van der Waals surface area contributed by atoms with Crippen molar-refractivity contribution in [3.63, 3.8) is 0 Å². The molecule has 0 aliphatic heterocycles. The van der Waals surface area contributed by atoms with E-state index in [0.717, 1.165) is 28.2 Å². The second-order valence-electron chi connectivity index (χ2n) is 10.5. The molecule has 0 saturated heterocycles. The van der Waals surface area contributed by atoms with E-state index in [1.54, 1.807) is 36.4 Å². The second-order valence-corrected chi connectivity index (χ2v) is 10.5. The predicted octanol–water partition coefficient (Wildman–Crippen LogP) is 7.88. The first-order valence-electron chi connectivity index (χ1n) is 14.9. The summed E-state index contributed by atoms with van der Waals surface area (Å²) in [6.45, 7) is 10.7. The van der Waals surface area contributed by atoms with Crippen molar-refractivity contribution in [1.82, 2.24) is 9.99 Å². The van der Waals surface area contributed by atoms with Gasteiger partial charge in [0, 0.05) is 22.6 Å². The van der Waals surface area contributed by atoms with Crippen LogP contribution >= 0.6 is 0 Å². The minimum atomic E-state index is -0.500. The smallest absolute Gasteiger partial charge is 0.307 e. The fraction of sp³-hybridized carbons (Fsp3) is 0.189. The molecular weight excluding hydrogens is 585 g/mol. The zero-order valence-electron chi connectivity index (χ0n) is 26.1. The van der Waals surface area contributed by atoms with Crippen LogP contribution in [0.3, 0.4) is 0 Å². The number of hydrogen-bond acceptors (Lipinski definition) is 6. The average molecular weight is 622 g/mol. The van der Waals surface area contributed by atoms with Gasteiger partial charge in [0.25, 0.3) is 0 Å². The number of furan rings is 1. The molecule has 0 aliphatic carbocycles. The number of benzene rings is 3. The van der Waals surface area contributed by atoms with Crippen LogP contribution in [-0.4, -0.2) is 23.3 Å². The van der Waals surface area contributed by atoms with E-state index in [0.29, 0.717) is 41.6 Å². The summed E-state index contributed by atoms with van der Waals surface area (Å²) in [5.41, 5.74) is 8.22. The van der Waals surface area contributed by atoms with Gasteiger partial charge in [-0.15, -0.1) is 6.58 Å². The maximum Gasteiger partial charge on any atom is 0.307 e. The molecule has 0 saturated carbocycles. The van der Waals surface area contributed by atoms with Gasteiger partial charge in [-0.1, -0.05) is 18.2 Å². The first-order valence-corrected chi connectivity index (χ1v) is 14.9. The quantitative estimate of drug-likeness (QED) is 0.0775. The Morgan fingerprint density at radius 2 is 1.67 bits per heavy atom. The molecule has 2 heterocycles. The lowest BCUT2D eigenvalue weighted by Gasteiger charge is -2.17. The van der Waals surface area contributed by atoms with Gasteiger partial charge in [0.1, 0.15) is 30.5 Å². The number of amides is 1. The van der Waals surface area contributed by atoms with Gasteiger partial charge in [-0.3, -0.25) is 4.79 Å². The number of rotatable bonds is 14. The Hall–Kier alpha value is -5.57. The average Bonchev–Trinajstić information content (AvgIpc) is 3.67.